The van der Waals surface area contributed by atoms with Gasteiger partial charge in [-0.1, -0.05) is 30.0 Å². The molecule has 0 saturated carbocycles. The fourth-order valence-electron chi connectivity index (χ4n) is 4.35. The van der Waals surface area contributed by atoms with Gasteiger partial charge in [0.1, 0.15) is 5.71 Å². The molecule has 4 N–H and O–H groups in total. The predicted molar refractivity (Wildman–Crippen MR) is 114 cm³/mol. The molecule has 5 nitrogen and oxygen atoms in total. The van der Waals surface area contributed by atoms with Crippen LogP contribution in [0, 0.1) is 5.41 Å². The van der Waals surface area contributed by atoms with Gasteiger partial charge in [-0.15, -0.1) is 0 Å². The smallest absolute Gasteiger partial charge is 0.270 e. The number of anilines is 1. The second-order valence-corrected chi connectivity index (χ2v) is 8.88. The zero-order chi connectivity index (χ0) is 19.7. The average molecular weight is 395 g/mol. The lowest BCUT2D eigenvalue weighted by Gasteiger charge is -2.36. The van der Waals surface area contributed by atoms with Crippen molar-refractivity contribution in [2.45, 2.75) is 53.6 Å². The first-order chi connectivity index (χ1) is 13.5. The number of nitrogens with one attached hydrogen (secondary N) is 2. The number of amides is 1. The van der Waals surface area contributed by atoms with Gasteiger partial charge in [0, 0.05) is 39.2 Å². The lowest BCUT2D eigenvalue weighted by atomic mass is 9.97. The summed E-state index contributed by atoms with van der Waals surface area (Å²) in [5.41, 5.74) is 6.99. The van der Waals surface area contributed by atoms with E-state index in [4.69, 9.17) is 11.1 Å². The largest absolute Gasteiger partial charge is 0.398 e. The van der Waals surface area contributed by atoms with Crippen molar-refractivity contribution >= 4 is 29.1 Å². The van der Waals surface area contributed by atoms with E-state index in [-0.39, 0.29) is 17.7 Å². The van der Waals surface area contributed by atoms with Gasteiger partial charge in [0.05, 0.1) is 0 Å². The summed E-state index contributed by atoms with van der Waals surface area (Å²) in [5, 5.41) is 11.5. The van der Waals surface area contributed by atoms with E-state index < -0.39 is 0 Å². The van der Waals surface area contributed by atoms with Crippen molar-refractivity contribution in [2.75, 3.05) is 12.8 Å². The van der Waals surface area contributed by atoms with Crippen molar-refractivity contribution in [1.29, 1.82) is 5.41 Å². The molecule has 2 aliphatic heterocycles. The molecule has 0 aromatic heterocycles. The molecule has 146 valence electrons. The molecular formula is C22H26N4OS. The minimum absolute atomic E-state index is 0.0562. The molecule has 0 spiro atoms. The van der Waals surface area contributed by atoms with Crippen molar-refractivity contribution < 1.29 is 4.79 Å². The molecule has 2 heterocycles. The molecule has 2 fully saturated rings. The Hall–Kier alpha value is -2.31. The number of piperidine rings is 1. The first kappa shape index (κ1) is 19.0. The molecule has 2 saturated heterocycles. The maximum Gasteiger partial charge on any atom is 0.270 e. The number of nitrogens with zero attached hydrogens (tertiary/aromatic N) is 1. The van der Waals surface area contributed by atoms with Crippen LogP contribution in [0.5, 0.6) is 0 Å². The predicted octanol–water partition coefficient (Wildman–Crippen LogP) is 3.53. The molecule has 2 aromatic rings. The summed E-state index contributed by atoms with van der Waals surface area (Å²) in [6, 6.07) is 16.8. The normalized spacial score (nSPS) is 24.1. The van der Waals surface area contributed by atoms with Crippen LogP contribution in [0.4, 0.5) is 5.69 Å². The summed E-state index contributed by atoms with van der Waals surface area (Å²) in [4.78, 5) is 17.2. The number of carbonyl (C=O) groups excluding carboxylic acids is 1. The Balaban J connectivity index is 1.45. The second kappa shape index (κ2) is 7.97. The molecular weight excluding hydrogens is 368 g/mol. The van der Waals surface area contributed by atoms with Gasteiger partial charge >= 0.3 is 0 Å². The summed E-state index contributed by atoms with van der Waals surface area (Å²) in [6.45, 7) is 0. The molecule has 0 radical (unpaired) electrons. The van der Waals surface area contributed by atoms with E-state index in [0.717, 1.165) is 22.6 Å². The zero-order valence-corrected chi connectivity index (χ0v) is 16.8. The fraction of sp³-hybridized carbons (Fsp3) is 0.364. The van der Waals surface area contributed by atoms with Crippen LogP contribution in [-0.4, -0.2) is 41.7 Å². The highest BCUT2D eigenvalue weighted by Crippen LogP contribution is 2.34. The third-order valence-corrected chi connectivity index (χ3v) is 6.93. The van der Waals surface area contributed by atoms with Gasteiger partial charge in [0.2, 0.25) is 0 Å². The van der Waals surface area contributed by atoms with Crippen LogP contribution in [0.3, 0.4) is 0 Å². The van der Waals surface area contributed by atoms with E-state index in [1.165, 1.54) is 12.8 Å². The zero-order valence-electron chi connectivity index (χ0n) is 16.0. The summed E-state index contributed by atoms with van der Waals surface area (Å²) >= 11 is 1.59. The number of rotatable bonds is 5. The number of fused-ring (bicyclic) bond motifs is 2. The van der Waals surface area contributed by atoms with Crippen LogP contribution in [0.1, 0.15) is 31.2 Å². The summed E-state index contributed by atoms with van der Waals surface area (Å²) in [6.07, 6.45) is 4.34. The molecule has 2 atom stereocenters. The summed E-state index contributed by atoms with van der Waals surface area (Å²) in [5.74, 6) is -0.331. The van der Waals surface area contributed by atoms with Crippen LogP contribution in [0.2, 0.25) is 0 Å². The molecule has 2 aliphatic rings. The van der Waals surface area contributed by atoms with Crippen LogP contribution in [-0.2, 0) is 4.79 Å². The number of benzene rings is 2. The van der Waals surface area contributed by atoms with E-state index in [1.54, 1.807) is 17.8 Å². The first-order valence-corrected chi connectivity index (χ1v) is 10.6. The monoisotopic (exact) mass is 394 g/mol. The molecule has 28 heavy (non-hydrogen) atoms. The minimum Gasteiger partial charge on any atom is -0.398 e. The highest BCUT2D eigenvalue weighted by atomic mass is 32.2. The lowest BCUT2D eigenvalue weighted by Crippen LogP contribution is -2.50. The number of nitrogens with two attached hydrogens (primary N) is 1. The van der Waals surface area contributed by atoms with Gasteiger partial charge < -0.3 is 16.0 Å². The van der Waals surface area contributed by atoms with Gasteiger partial charge in [0.15, 0.2) is 0 Å². The Labute approximate surface area is 170 Å². The fourth-order valence-corrected chi connectivity index (χ4v) is 5.23. The van der Waals surface area contributed by atoms with Crippen molar-refractivity contribution in [3.8, 4) is 0 Å². The summed E-state index contributed by atoms with van der Waals surface area (Å²) in [7, 11) is 2.18. The van der Waals surface area contributed by atoms with E-state index in [2.05, 4.69) is 17.3 Å². The van der Waals surface area contributed by atoms with Crippen LogP contribution >= 0.6 is 11.8 Å². The SMILES string of the molecule is CN1C2CCC1CC(NC(=O)C(=N)c1cc(Sc3ccccc3)ccc1N)C2. The third-order valence-electron chi connectivity index (χ3n) is 5.93. The molecule has 4 rings (SSSR count). The quantitative estimate of drug-likeness (QED) is 0.535. The number of hydrogen-bond donors (Lipinski definition) is 3. The maximum atomic E-state index is 12.7. The topological polar surface area (TPSA) is 82.2 Å². The van der Waals surface area contributed by atoms with E-state index in [0.29, 0.717) is 23.3 Å². The highest BCUT2D eigenvalue weighted by molar-refractivity contribution is 7.99. The third kappa shape index (κ3) is 3.93. The lowest BCUT2D eigenvalue weighted by molar-refractivity contribution is -0.115. The summed E-state index contributed by atoms with van der Waals surface area (Å²) < 4.78 is 0. The molecule has 0 aliphatic carbocycles. The molecule has 1 amide bonds. The van der Waals surface area contributed by atoms with Crippen LogP contribution in [0.25, 0.3) is 0 Å². The van der Waals surface area contributed by atoms with Gasteiger partial charge in [0.25, 0.3) is 5.91 Å². The van der Waals surface area contributed by atoms with Gasteiger partial charge in [-0.05, 0) is 63.1 Å². The number of carbonyl (C=O) groups is 1. The first-order valence-electron chi connectivity index (χ1n) is 9.75. The van der Waals surface area contributed by atoms with Gasteiger partial charge in [-0.3, -0.25) is 10.2 Å². The Morgan fingerprint density at radius 1 is 1.11 bits per heavy atom. The van der Waals surface area contributed by atoms with E-state index in [9.17, 15) is 4.79 Å². The Morgan fingerprint density at radius 2 is 1.79 bits per heavy atom. The van der Waals surface area contributed by atoms with Crippen LogP contribution < -0.4 is 11.1 Å². The molecule has 2 unspecified atom stereocenters. The number of nitrogen functional groups attached to an aromatic ring is 1. The van der Waals surface area contributed by atoms with Gasteiger partial charge in [-0.2, -0.15) is 0 Å². The average Bonchev–Trinajstić information content (AvgIpc) is 2.90. The van der Waals surface area contributed by atoms with Crippen molar-refractivity contribution in [3.63, 3.8) is 0 Å². The molecule has 6 heteroatoms. The molecule has 2 bridgehead atoms. The number of hydrogen-bond acceptors (Lipinski definition) is 5. The Bertz CT molecular complexity index is 871. The minimum atomic E-state index is -0.331. The van der Waals surface area contributed by atoms with Crippen molar-refractivity contribution in [2.24, 2.45) is 0 Å². The van der Waals surface area contributed by atoms with Crippen LogP contribution in [0.15, 0.2) is 58.3 Å². The Kier molecular flexibility index (Phi) is 5.42. The standard InChI is InChI=1S/C22H26N4OS/c1-26-15-7-8-16(26)12-14(11-15)25-22(27)21(24)19-13-18(9-10-20(19)23)28-17-5-3-2-4-6-17/h2-6,9-10,13-16,24H,7-8,11-12,23H2,1H3,(H,25,27). The van der Waals surface area contributed by atoms with Crippen molar-refractivity contribution in [3.05, 3.63) is 54.1 Å². The Morgan fingerprint density at radius 3 is 2.46 bits per heavy atom. The van der Waals surface area contributed by atoms with Crippen molar-refractivity contribution in [1.82, 2.24) is 10.2 Å². The second-order valence-electron chi connectivity index (χ2n) is 7.73. The highest BCUT2D eigenvalue weighted by Gasteiger charge is 2.39. The van der Waals surface area contributed by atoms with E-state index in [1.807, 2.05) is 42.5 Å². The maximum absolute atomic E-state index is 12.7. The molecule has 2 aromatic carbocycles. The van der Waals surface area contributed by atoms with E-state index >= 15 is 0 Å². The van der Waals surface area contributed by atoms with Gasteiger partial charge in [-0.25, -0.2) is 0 Å².